The summed E-state index contributed by atoms with van der Waals surface area (Å²) >= 11 is 0. The van der Waals surface area contributed by atoms with Gasteiger partial charge in [0.25, 0.3) is 5.79 Å². The fraction of sp³-hybridized carbons (Fsp3) is 0.452. The van der Waals surface area contributed by atoms with Gasteiger partial charge in [-0.15, -0.1) is 0 Å². The number of carboxylic acid groups (broad SMARTS) is 1. The molecule has 12 atom stereocenters. The number of fused-ring (bicyclic) bond motifs is 2. The maximum Gasteiger partial charge on any atom is 0.340 e. The van der Waals surface area contributed by atoms with Crippen LogP contribution in [0.15, 0.2) is 69.1 Å². The Labute approximate surface area is 356 Å². The van der Waals surface area contributed by atoms with E-state index in [2.05, 4.69) is 5.32 Å². The summed E-state index contributed by atoms with van der Waals surface area (Å²) in [5, 5.41) is 120. The van der Waals surface area contributed by atoms with Crippen LogP contribution in [0.3, 0.4) is 0 Å². The molecule has 0 radical (unpaired) electrons. The molecule has 4 aliphatic heterocycles. The predicted molar refractivity (Wildman–Crippen MR) is 214 cm³/mol. The van der Waals surface area contributed by atoms with Crippen molar-refractivity contribution in [1.29, 1.82) is 0 Å². The van der Waals surface area contributed by atoms with Gasteiger partial charge >= 0.3 is 11.9 Å². The lowest BCUT2D eigenvalue weighted by atomic mass is 9.81. The number of dihydropyridines is 1. The zero-order chi connectivity index (χ0) is 45.8. The number of carboxylic acids is 1. The van der Waals surface area contributed by atoms with E-state index in [9.17, 15) is 70.6 Å². The van der Waals surface area contributed by atoms with Crippen LogP contribution in [0.1, 0.15) is 43.7 Å². The molecule has 21 nitrogen and oxygen atoms in total. The molecule has 3 aromatic rings. The first-order valence-corrected chi connectivity index (χ1v) is 19.9. The van der Waals surface area contributed by atoms with E-state index in [0.717, 1.165) is 12.1 Å². The molecule has 63 heavy (non-hydrogen) atoms. The molecule has 2 fully saturated rings. The van der Waals surface area contributed by atoms with Gasteiger partial charge in [0, 0.05) is 53.1 Å². The molecule has 0 saturated carbocycles. The molecule has 12 unspecified atom stereocenters. The first-order valence-electron chi connectivity index (χ1n) is 19.9. The number of aliphatic hydroxyl groups excluding tert-OH is 7. The van der Waals surface area contributed by atoms with Crippen LogP contribution < -0.4 is 21.2 Å². The van der Waals surface area contributed by atoms with E-state index in [1.54, 1.807) is 12.2 Å². The van der Waals surface area contributed by atoms with Crippen LogP contribution in [0.25, 0.3) is 22.3 Å². The molecule has 340 valence electrons. The molecule has 4 aliphatic rings. The normalized spacial score (nSPS) is 31.7. The number of aliphatic hydroxyl groups is 7. The van der Waals surface area contributed by atoms with E-state index in [4.69, 9.17) is 29.1 Å². The lowest BCUT2D eigenvalue weighted by molar-refractivity contribution is -0.325. The van der Waals surface area contributed by atoms with Gasteiger partial charge in [-0.25, -0.2) is 9.59 Å². The first-order chi connectivity index (χ1) is 29.8. The van der Waals surface area contributed by atoms with E-state index in [1.165, 1.54) is 24.4 Å². The molecule has 0 amide bonds. The highest BCUT2D eigenvalue weighted by Gasteiger charge is 2.61. The maximum atomic E-state index is 14.0. The number of ether oxygens (including phenoxy) is 4. The zero-order valence-electron chi connectivity index (χ0n) is 33.6. The summed E-state index contributed by atoms with van der Waals surface area (Å²) in [5.41, 5.74) is 5.54. The number of nitrogens with two attached hydrogens (primary N) is 1. The first kappa shape index (κ1) is 45.4. The van der Waals surface area contributed by atoms with Gasteiger partial charge in [-0.05, 0) is 49.0 Å². The summed E-state index contributed by atoms with van der Waals surface area (Å²) in [6, 6.07) is 4.69. The van der Waals surface area contributed by atoms with Crippen molar-refractivity contribution in [3.63, 3.8) is 0 Å². The third-order valence-electron chi connectivity index (χ3n) is 11.5. The summed E-state index contributed by atoms with van der Waals surface area (Å²) in [5.74, 6) is -9.42. The number of aromatic hydroxyl groups is 3. The van der Waals surface area contributed by atoms with E-state index in [0.29, 0.717) is 12.0 Å². The maximum absolute atomic E-state index is 14.0. The second-order valence-electron chi connectivity index (χ2n) is 16.2. The number of hydrogen-bond donors (Lipinski definition) is 13. The van der Waals surface area contributed by atoms with Crippen molar-refractivity contribution in [2.75, 3.05) is 6.61 Å². The van der Waals surface area contributed by atoms with E-state index in [-0.39, 0.29) is 63.5 Å². The number of nitrogens with one attached hydrogen (secondary N) is 1. The van der Waals surface area contributed by atoms with Crippen molar-refractivity contribution >= 4 is 22.9 Å². The Hall–Kier alpha value is -5.59. The fourth-order valence-corrected chi connectivity index (χ4v) is 8.04. The van der Waals surface area contributed by atoms with Gasteiger partial charge in [0.15, 0.2) is 35.2 Å². The minimum atomic E-state index is -2.66. The topological polar surface area (TPSA) is 362 Å². The molecule has 1 spiro atoms. The zero-order valence-corrected chi connectivity index (χ0v) is 33.6. The molecular weight excluding hydrogens is 836 g/mol. The molecule has 14 N–H and O–H groups in total. The molecule has 1 aromatic heterocycles. The van der Waals surface area contributed by atoms with Crippen LogP contribution in [-0.2, 0) is 30.2 Å². The summed E-state index contributed by atoms with van der Waals surface area (Å²) < 4.78 is 29.2. The Balaban J connectivity index is 1.41. The lowest BCUT2D eigenvalue weighted by Crippen LogP contribution is -2.69. The van der Waals surface area contributed by atoms with Crippen molar-refractivity contribution in [3.05, 3.63) is 81.2 Å². The van der Waals surface area contributed by atoms with Crippen molar-refractivity contribution in [3.8, 4) is 34.3 Å². The Morgan fingerprint density at radius 2 is 1.63 bits per heavy atom. The van der Waals surface area contributed by atoms with Crippen LogP contribution in [0.5, 0.6) is 23.0 Å². The quantitative estimate of drug-likeness (QED) is 0.0652. The average Bonchev–Trinajstić information content (AvgIpc) is 3.37. The van der Waals surface area contributed by atoms with E-state index < -0.39 is 114 Å². The van der Waals surface area contributed by atoms with Gasteiger partial charge in [-0.2, -0.15) is 0 Å². The number of esters is 1. The minimum Gasteiger partial charge on any atom is -0.507 e. The Morgan fingerprint density at radius 1 is 0.921 bits per heavy atom. The number of allylic oxidation sites excluding steroid dienone is 3. The molecule has 2 aromatic carbocycles. The van der Waals surface area contributed by atoms with Crippen molar-refractivity contribution < 1.29 is 89.1 Å². The molecule has 21 heteroatoms. The molecule has 7 rings (SSSR count). The van der Waals surface area contributed by atoms with Gasteiger partial charge < -0.3 is 90.6 Å². The van der Waals surface area contributed by atoms with Gasteiger partial charge in [0.05, 0.1) is 6.17 Å². The van der Waals surface area contributed by atoms with Crippen molar-refractivity contribution in [1.82, 2.24) is 5.32 Å². The number of phenolic OH excluding ortho intramolecular Hbond substituents is 3. The molecule has 5 heterocycles. The molecule has 2 saturated heterocycles. The van der Waals surface area contributed by atoms with Gasteiger partial charge in [0.2, 0.25) is 6.29 Å². The Kier molecular flexibility index (Phi) is 12.6. The smallest absolute Gasteiger partial charge is 0.340 e. The van der Waals surface area contributed by atoms with E-state index in [1.807, 2.05) is 13.8 Å². The highest BCUT2D eigenvalue weighted by atomic mass is 16.8. The van der Waals surface area contributed by atoms with Gasteiger partial charge in [-0.3, -0.25) is 4.79 Å². The summed E-state index contributed by atoms with van der Waals surface area (Å²) in [4.78, 5) is 39.6. The Bertz CT molecular complexity index is 2430. The predicted octanol–water partition coefficient (Wildman–Crippen LogP) is -1.11. The van der Waals surface area contributed by atoms with E-state index >= 15 is 0 Å². The lowest BCUT2D eigenvalue weighted by Gasteiger charge is -2.48. The summed E-state index contributed by atoms with van der Waals surface area (Å²) in [7, 11) is 0. The second kappa shape index (κ2) is 17.5. The van der Waals surface area contributed by atoms with Crippen LogP contribution >= 0.6 is 0 Å². The van der Waals surface area contributed by atoms with Crippen molar-refractivity contribution in [2.24, 2.45) is 11.7 Å². The molecule has 0 aliphatic carbocycles. The fourth-order valence-electron chi connectivity index (χ4n) is 8.04. The number of aliphatic carboxylic acids is 1. The third-order valence-corrected chi connectivity index (χ3v) is 11.5. The Morgan fingerprint density at radius 3 is 2.29 bits per heavy atom. The summed E-state index contributed by atoms with van der Waals surface area (Å²) in [6.07, 6.45) is -14.2. The van der Waals surface area contributed by atoms with Gasteiger partial charge in [0.1, 0.15) is 58.7 Å². The number of benzene rings is 2. The number of phenols is 3. The SMILES string of the molecule is CC(C)CCC1=CC(C2=CNC(N)C=C2)c2c(cc3oc(-c4cc(O)c(O)c(CCO)c4)cc(=O)c3c2O)OC12OC(C(=O)OC1OC(C(=O)O)C(O)C(O)C1O)C(O)C(O)C2O. The van der Waals surface area contributed by atoms with Crippen LogP contribution in [0.2, 0.25) is 0 Å². The van der Waals surface area contributed by atoms with Crippen LogP contribution in [0.4, 0.5) is 0 Å². The van der Waals surface area contributed by atoms with Crippen LogP contribution in [-0.4, -0.2) is 142 Å². The largest absolute Gasteiger partial charge is 0.507 e. The molecular formula is C42H48N2O19. The highest BCUT2D eigenvalue weighted by Crippen LogP contribution is 2.52. The standard InChI is InChI=1S/C42H48N2O19/c1-15(2)3-5-19-11-20(17-4-6-26(43)44-14-17)27-25(13-24-28(30(27)49)21(46)12-23(59-24)18-9-16(7-8-45)29(48)22(47)10-18)62-42(19)38(55)34(53)33(52)37(63-42)40(58)61-41-35(54)31(50)32(51)36(60-41)39(56)57/h4,6,9-15,20,26,31-38,41,44-45,47-55H,3,5,7-8,43H2,1-2H3,(H,56,57). The third kappa shape index (κ3) is 8.23. The van der Waals surface area contributed by atoms with Crippen LogP contribution in [0, 0.1) is 5.92 Å². The minimum absolute atomic E-state index is 0.00465. The van der Waals surface area contributed by atoms with Crippen molar-refractivity contribution in [2.45, 2.75) is 106 Å². The second-order valence-corrected chi connectivity index (χ2v) is 16.2. The average molecular weight is 885 g/mol. The number of rotatable bonds is 10. The number of carbonyl (C=O) groups is 2. The summed E-state index contributed by atoms with van der Waals surface area (Å²) in [6.45, 7) is 3.36. The van der Waals surface area contributed by atoms with Gasteiger partial charge in [-0.1, -0.05) is 26.0 Å². The monoisotopic (exact) mass is 884 g/mol. The highest BCUT2D eigenvalue weighted by molar-refractivity contribution is 5.89. The molecule has 0 bridgehead atoms. The number of hydrogen-bond acceptors (Lipinski definition) is 20. The number of carbonyl (C=O) groups excluding carboxylic acids is 1.